The highest BCUT2D eigenvalue weighted by Crippen LogP contribution is 2.23. The highest BCUT2D eigenvalue weighted by Gasteiger charge is 2.07. The molecule has 1 N–H and O–H groups in total. The van der Waals surface area contributed by atoms with E-state index in [9.17, 15) is 9.59 Å². The molecule has 0 fully saturated rings. The maximum Gasteiger partial charge on any atom is 0.331 e. The number of hydrogen-bond acceptors (Lipinski definition) is 3. The molecular formula is C17H11Cl4NO3. The average Bonchev–Trinajstić information content (AvgIpc) is 2.51. The van der Waals surface area contributed by atoms with Crippen molar-refractivity contribution in [3.63, 3.8) is 0 Å². The first kappa shape index (κ1) is 19.6. The van der Waals surface area contributed by atoms with Crippen molar-refractivity contribution < 1.29 is 14.3 Å². The van der Waals surface area contributed by atoms with Crippen LogP contribution in [0.4, 0.5) is 5.69 Å². The number of halogens is 4. The van der Waals surface area contributed by atoms with Crippen molar-refractivity contribution in [2.45, 2.75) is 0 Å². The summed E-state index contributed by atoms with van der Waals surface area (Å²) < 4.78 is 4.85. The summed E-state index contributed by atoms with van der Waals surface area (Å²) in [5, 5.41) is 4.16. The minimum atomic E-state index is -0.690. The van der Waals surface area contributed by atoms with Crippen LogP contribution in [0.25, 0.3) is 6.08 Å². The number of anilines is 1. The number of amides is 1. The summed E-state index contributed by atoms with van der Waals surface area (Å²) >= 11 is 23.4. The predicted molar refractivity (Wildman–Crippen MR) is 102 cm³/mol. The smallest absolute Gasteiger partial charge is 0.331 e. The summed E-state index contributed by atoms with van der Waals surface area (Å²) in [7, 11) is 0. The summed E-state index contributed by atoms with van der Waals surface area (Å²) in [6, 6.07) is 9.43. The molecule has 2 aromatic carbocycles. The Morgan fingerprint density at radius 1 is 0.960 bits per heavy atom. The largest absolute Gasteiger partial charge is 0.452 e. The summed E-state index contributed by atoms with van der Waals surface area (Å²) in [5.41, 5.74) is 1.00. The molecule has 0 aliphatic carbocycles. The number of hydrogen-bond donors (Lipinski definition) is 1. The van der Waals surface area contributed by atoms with Crippen LogP contribution >= 0.6 is 46.4 Å². The molecule has 2 aromatic rings. The number of benzene rings is 2. The maximum absolute atomic E-state index is 11.8. The highest BCUT2D eigenvalue weighted by molar-refractivity contribution is 6.36. The van der Waals surface area contributed by atoms with Gasteiger partial charge in [0.25, 0.3) is 5.91 Å². The Morgan fingerprint density at radius 2 is 1.64 bits per heavy atom. The van der Waals surface area contributed by atoms with Crippen molar-refractivity contribution in [2.24, 2.45) is 0 Å². The molecule has 0 aromatic heterocycles. The third-order valence-electron chi connectivity index (χ3n) is 2.85. The molecule has 0 saturated carbocycles. The molecule has 0 saturated heterocycles. The standard InChI is InChI=1S/C17H11Cl4NO3/c18-11-3-1-10(15(21)8-11)2-4-17(24)25-9-16(23)22-14-6-12(19)5-13(20)7-14/h1-8H,9H2,(H,22,23). The van der Waals surface area contributed by atoms with Gasteiger partial charge in [-0.25, -0.2) is 4.79 Å². The second-order valence-corrected chi connectivity index (χ2v) is 6.53. The van der Waals surface area contributed by atoms with Crippen molar-refractivity contribution >= 4 is 70.0 Å². The molecule has 2 rings (SSSR count). The minimum Gasteiger partial charge on any atom is -0.452 e. The van der Waals surface area contributed by atoms with Crippen molar-refractivity contribution in [3.05, 3.63) is 68.1 Å². The van der Waals surface area contributed by atoms with Crippen molar-refractivity contribution in [1.82, 2.24) is 0 Å². The number of esters is 1. The molecule has 0 radical (unpaired) electrons. The Bertz CT molecular complexity index is 816. The molecule has 1 amide bonds. The van der Waals surface area contributed by atoms with E-state index in [-0.39, 0.29) is 0 Å². The molecular weight excluding hydrogens is 408 g/mol. The van der Waals surface area contributed by atoms with E-state index < -0.39 is 18.5 Å². The van der Waals surface area contributed by atoms with E-state index in [1.807, 2.05) is 0 Å². The van der Waals surface area contributed by atoms with Gasteiger partial charge in [-0.2, -0.15) is 0 Å². The summed E-state index contributed by atoms with van der Waals surface area (Å²) in [6.07, 6.45) is 2.63. The number of ether oxygens (including phenoxy) is 1. The van der Waals surface area contributed by atoms with E-state index in [1.54, 1.807) is 18.2 Å². The highest BCUT2D eigenvalue weighted by atomic mass is 35.5. The lowest BCUT2D eigenvalue weighted by Crippen LogP contribution is -2.20. The predicted octanol–water partition coefficient (Wildman–Crippen LogP) is 5.50. The summed E-state index contributed by atoms with van der Waals surface area (Å²) in [4.78, 5) is 23.4. The second-order valence-electron chi connectivity index (χ2n) is 4.81. The lowest BCUT2D eigenvalue weighted by atomic mass is 10.2. The first-order valence-electron chi connectivity index (χ1n) is 6.89. The number of carbonyl (C=O) groups excluding carboxylic acids is 2. The van der Waals surface area contributed by atoms with Crippen LogP contribution in [0, 0.1) is 0 Å². The molecule has 0 heterocycles. The second kappa shape index (κ2) is 9.11. The molecule has 25 heavy (non-hydrogen) atoms. The number of nitrogens with one attached hydrogen (secondary N) is 1. The SMILES string of the molecule is O=C(COC(=O)C=Cc1ccc(Cl)cc1Cl)Nc1cc(Cl)cc(Cl)c1. The fraction of sp³-hybridized carbons (Fsp3) is 0.0588. The quantitative estimate of drug-likeness (QED) is 0.515. The molecule has 0 unspecified atom stereocenters. The van der Waals surface area contributed by atoms with Crippen molar-refractivity contribution in [2.75, 3.05) is 11.9 Å². The van der Waals surface area contributed by atoms with Crippen LogP contribution in [0.1, 0.15) is 5.56 Å². The van der Waals surface area contributed by atoms with Crippen LogP contribution in [0.2, 0.25) is 20.1 Å². The van der Waals surface area contributed by atoms with E-state index in [4.69, 9.17) is 51.1 Å². The summed E-state index contributed by atoms with van der Waals surface area (Å²) in [6.45, 7) is -0.457. The average molecular weight is 419 g/mol. The van der Waals surface area contributed by atoms with Crippen LogP contribution in [0.5, 0.6) is 0 Å². The third-order valence-corrected chi connectivity index (χ3v) is 3.85. The van der Waals surface area contributed by atoms with Gasteiger partial charge in [-0.1, -0.05) is 52.5 Å². The molecule has 4 nitrogen and oxygen atoms in total. The fourth-order valence-corrected chi connectivity index (χ4v) is 2.80. The van der Waals surface area contributed by atoms with Gasteiger partial charge in [0, 0.05) is 31.9 Å². The van der Waals surface area contributed by atoms with Gasteiger partial charge >= 0.3 is 5.97 Å². The molecule has 8 heteroatoms. The fourth-order valence-electron chi connectivity index (χ4n) is 1.80. The van der Waals surface area contributed by atoms with Crippen LogP contribution in [0.15, 0.2) is 42.5 Å². The maximum atomic E-state index is 11.8. The van der Waals surface area contributed by atoms with E-state index >= 15 is 0 Å². The van der Waals surface area contributed by atoms with E-state index in [1.165, 1.54) is 30.4 Å². The molecule has 0 atom stereocenters. The zero-order valence-corrected chi connectivity index (χ0v) is 15.6. The van der Waals surface area contributed by atoms with E-state index in [0.717, 1.165) is 0 Å². The Kier molecular flexibility index (Phi) is 7.14. The third kappa shape index (κ3) is 6.59. The van der Waals surface area contributed by atoms with Crippen LogP contribution in [0.3, 0.4) is 0 Å². The first-order valence-corrected chi connectivity index (χ1v) is 8.40. The minimum absolute atomic E-state index is 0.377. The van der Waals surface area contributed by atoms with E-state index in [0.29, 0.717) is 31.3 Å². The zero-order chi connectivity index (χ0) is 18.4. The molecule has 0 spiro atoms. The van der Waals surface area contributed by atoms with Gasteiger partial charge in [-0.15, -0.1) is 0 Å². The Balaban J connectivity index is 1.86. The van der Waals surface area contributed by atoms with Gasteiger partial charge in [0.15, 0.2) is 6.61 Å². The molecule has 0 bridgehead atoms. The molecule has 130 valence electrons. The number of rotatable bonds is 5. The van der Waals surface area contributed by atoms with Gasteiger partial charge in [0.1, 0.15) is 0 Å². The van der Waals surface area contributed by atoms with Gasteiger partial charge in [-0.05, 0) is 42.0 Å². The number of carbonyl (C=O) groups is 2. The Labute approximate surface area is 164 Å². The van der Waals surface area contributed by atoms with E-state index in [2.05, 4.69) is 5.32 Å². The van der Waals surface area contributed by atoms with Gasteiger partial charge < -0.3 is 10.1 Å². The zero-order valence-electron chi connectivity index (χ0n) is 12.6. The van der Waals surface area contributed by atoms with Gasteiger partial charge in [0.05, 0.1) is 0 Å². The Morgan fingerprint density at radius 3 is 2.28 bits per heavy atom. The molecule has 0 aliphatic heterocycles. The topological polar surface area (TPSA) is 55.4 Å². The van der Waals surface area contributed by atoms with Crippen molar-refractivity contribution in [1.29, 1.82) is 0 Å². The first-order chi connectivity index (χ1) is 11.8. The molecule has 0 aliphatic rings. The summed E-state index contributed by atoms with van der Waals surface area (Å²) in [5.74, 6) is -1.21. The van der Waals surface area contributed by atoms with Crippen LogP contribution in [-0.4, -0.2) is 18.5 Å². The van der Waals surface area contributed by atoms with Gasteiger partial charge in [0.2, 0.25) is 0 Å². The van der Waals surface area contributed by atoms with Gasteiger partial charge in [-0.3, -0.25) is 4.79 Å². The van der Waals surface area contributed by atoms with Crippen molar-refractivity contribution in [3.8, 4) is 0 Å². The lowest BCUT2D eigenvalue weighted by molar-refractivity contribution is -0.142. The normalized spacial score (nSPS) is 10.7. The van der Waals surface area contributed by atoms with Crippen LogP contribution in [-0.2, 0) is 14.3 Å². The Hall–Kier alpha value is -1.72. The van der Waals surface area contributed by atoms with Crippen LogP contribution < -0.4 is 5.32 Å². The monoisotopic (exact) mass is 417 g/mol. The lowest BCUT2D eigenvalue weighted by Gasteiger charge is -2.06.